The van der Waals surface area contributed by atoms with Gasteiger partial charge in [0.05, 0.1) is 6.54 Å². The first-order chi connectivity index (χ1) is 6.55. The molecule has 1 rings (SSSR count). The van der Waals surface area contributed by atoms with Crippen molar-refractivity contribution in [2.75, 3.05) is 13.2 Å². The largest absolute Gasteiger partial charge is 0.390 e. The lowest BCUT2D eigenvalue weighted by Gasteiger charge is -2.17. The van der Waals surface area contributed by atoms with E-state index in [4.69, 9.17) is 5.11 Å². The van der Waals surface area contributed by atoms with Crippen molar-refractivity contribution in [1.29, 1.82) is 0 Å². The van der Waals surface area contributed by atoms with Gasteiger partial charge in [0, 0.05) is 10.9 Å². The lowest BCUT2D eigenvalue weighted by molar-refractivity contribution is -0.0490. The Hall–Kier alpha value is -0.520. The maximum atomic E-state index is 12.6. The number of nitrogens with one attached hydrogen (secondary N) is 1. The number of thiophene rings is 1. The second kappa shape index (κ2) is 4.82. The van der Waals surface area contributed by atoms with Crippen molar-refractivity contribution in [1.82, 2.24) is 5.32 Å². The Kier molecular flexibility index (Phi) is 3.97. The zero-order chi connectivity index (χ0) is 10.6. The molecule has 0 aliphatic rings. The average Bonchev–Trinajstić information content (AvgIpc) is 2.67. The van der Waals surface area contributed by atoms with E-state index in [1.165, 1.54) is 11.3 Å². The van der Waals surface area contributed by atoms with Crippen LogP contribution in [0.15, 0.2) is 17.5 Å². The van der Waals surface area contributed by atoms with Crippen LogP contribution in [0.1, 0.15) is 17.8 Å². The van der Waals surface area contributed by atoms with Crippen molar-refractivity contribution < 1.29 is 13.9 Å². The Morgan fingerprint density at radius 2 is 2.36 bits per heavy atom. The van der Waals surface area contributed by atoms with E-state index in [9.17, 15) is 8.78 Å². The molecule has 0 spiro atoms. The summed E-state index contributed by atoms with van der Waals surface area (Å²) in [6, 6.07) is 3.66. The normalized spacial score (nSPS) is 14.3. The Labute approximate surface area is 85.6 Å². The third kappa shape index (κ3) is 3.32. The van der Waals surface area contributed by atoms with Gasteiger partial charge in [0.25, 0.3) is 5.92 Å². The summed E-state index contributed by atoms with van der Waals surface area (Å²) in [6.07, 6.45) is 0. The summed E-state index contributed by atoms with van der Waals surface area (Å²) in [7, 11) is 0. The van der Waals surface area contributed by atoms with E-state index in [-0.39, 0.29) is 6.04 Å². The minimum atomic E-state index is -3.04. The van der Waals surface area contributed by atoms with Crippen LogP contribution in [-0.4, -0.2) is 24.2 Å². The van der Waals surface area contributed by atoms with Gasteiger partial charge >= 0.3 is 0 Å². The molecular weight excluding hydrogens is 208 g/mol. The number of alkyl halides is 2. The van der Waals surface area contributed by atoms with Crippen molar-refractivity contribution in [3.63, 3.8) is 0 Å². The third-order valence-electron chi connectivity index (χ3n) is 1.87. The zero-order valence-electron chi connectivity index (χ0n) is 7.84. The third-order valence-corrected chi connectivity index (χ3v) is 2.92. The molecule has 0 fully saturated rings. The van der Waals surface area contributed by atoms with Gasteiger partial charge in [-0.3, -0.25) is 0 Å². The Bertz CT molecular complexity index is 264. The second-order valence-corrected chi connectivity index (χ2v) is 4.11. The first-order valence-electron chi connectivity index (χ1n) is 4.30. The summed E-state index contributed by atoms with van der Waals surface area (Å²) in [5.41, 5.74) is 0. The molecule has 14 heavy (non-hydrogen) atoms. The Morgan fingerprint density at radius 1 is 1.64 bits per heavy atom. The molecule has 0 saturated heterocycles. The molecule has 1 atom stereocenters. The maximum absolute atomic E-state index is 12.6. The average molecular weight is 221 g/mol. The number of aliphatic hydroxyl groups is 1. The molecule has 0 aromatic carbocycles. The molecule has 0 aliphatic heterocycles. The van der Waals surface area contributed by atoms with Gasteiger partial charge in [0.1, 0.15) is 6.61 Å². The first kappa shape index (κ1) is 11.6. The quantitative estimate of drug-likeness (QED) is 0.797. The number of rotatable bonds is 5. The Morgan fingerprint density at radius 3 is 2.86 bits per heavy atom. The molecule has 80 valence electrons. The molecule has 2 N–H and O–H groups in total. The highest BCUT2D eigenvalue weighted by Crippen LogP contribution is 2.19. The highest BCUT2D eigenvalue weighted by Gasteiger charge is 2.27. The summed E-state index contributed by atoms with van der Waals surface area (Å²) in [4.78, 5) is 1.01. The zero-order valence-corrected chi connectivity index (χ0v) is 8.65. The second-order valence-electron chi connectivity index (χ2n) is 3.13. The van der Waals surface area contributed by atoms with Crippen LogP contribution in [-0.2, 0) is 0 Å². The van der Waals surface area contributed by atoms with Gasteiger partial charge in [-0.25, -0.2) is 8.78 Å². The van der Waals surface area contributed by atoms with Gasteiger partial charge in [-0.05, 0) is 18.4 Å². The first-order valence-corrected chi connectivity index (χ1v) is 5.18. The van der Waals surface area contributed by atoms with Gasteiger partial charge in [-0.15, -0.1) is 11.3 Å². The van der Waals surface area contributed by atoms with E-state index in [2.05, 4.69) is 5.32 Å². The lowest BCUT2D eigenvalue weighted by Crippen LogP contribution is -2.36. The predicted molar refractivity (Wildman–Crippen MR) is 52.8 cm³/mol. The number of halogens is 2. The van der Waals surface area contributed by atoms with Gasteiger partial charge in [0.2, 0.25) is 0 Å². The van der Waals surface area contributed by atoms with E-state index in [0.717, 1.165) is 4.88 Å². The molecule has 1 unspecified atom stereocenters. The van der Waals surface area contributed by atoms with Gasteiger partial charge < -0.3 is 10.4 Å². The van der Waals surface area contributed by atoms with E-state index < -0.39 is 19.1 Å². The molecule has 0 aliphatic carbocycles. The van der Waals surface area contributed by atoms with Crippen LogP contribution in [0.5, 0.6) is 0 Å². The fraction of sp³-hybridized carbons (Fsp3) is 0.556. The van der Waals surface area contributed by atoms with Crippen LogP contribution in [0.2, 0.25) is 0 Å². The summed E-state index contributed by atoms with van der Waals surface area (Å²) in [6.45, 7) is 0.207. The lowest BCUT2D eigenvalue weighted by atomic mass is 10.2. The van der Waals surface area contributed by atoms with Crippen molar-refractivity contribution in [2.24, 2.45) is 0 Å². The number of aliphatic hydroxyl groups excluding tert-OH is 1. The predicted octanol–water partition coefficient (Wildman–Crippen LogP) is 2.03. The van der Waals surface area contributed by atoms with E-state index in [1.807, 2.05) is 24.4 Å². The van der Waals surface area contributed by atoms with Crippen molar-refractivity contribution in [3.8, 4) is 0 Å². The molecular formula is C9H13F2NOS. The van der Waals surface area contributed by atoms with E-state index in [1.54, 1.807) is 0 Å². The van der Waals surface area contributed by atoms with Crippen molar-refractivity contribution in [3.05, 3.63) is 22.4 Å². The summed E-state index contributed by atoms with van der Waals surface area (Å²) < 4.78 is 25.3. The summed E-state index contributed by atoms with van der Waals surface area (Å²) in [5, 5.41) is 12.9. The fourth-order valence-electron chi connectivity index (χ4n) is 0.997. The molecule has 1 aromatic heterocycles. The fourth-order valence-corrected chi connectivity index (χ4v) is 1.76. The SMILES string of the molecule is CC(NCC(F)(F)CO)c1cccs1. The summed E-state index contributed by atoms with van der Waals surface area (Å²) in [5.74, 6) is -3.04. The number of hydrogen-bond acceptors (Lipinski definition) is 3. The minimum absolute atomic E-state index is 0.104. The van der Waals surface area contributed by atoms with Gasteiger partial charge in [0.15, 0.2) is 0 Å². The highest BCUT2D eigenvalue weighted by molar-refractivity contribution is 7.10. The van der Waals surface area contributed by atoms with Crippen LogP contribution in [0.3, 0.4) is 0 Å². The van der Waals surface area contributed by atoms with E-state index >= 15 is 0 Å². The monoisotopic (exact) mass is 221 g/mol. The van der Waals surface area contributed by atoms with Crippen LogP contribution >= 0.6 is 11.3 Å². The van der Waals surface area contributed by atoms with Crippen molar-refractivity contribution >= 4 is 11.3 Å². The standard InChI is InChI=1S/C9H13F2NOS/c1-7(8-3-2-4-14-8)12-5-9(10,11)6-13/h2-4,7,12-13H,5-6H2,1H3. The summed E-state index contributed by atoms with van der Waals surface area (Å²) >= 11 is 1.52. The molecule has 2 nitrogen and oxygen atoms in total. The van der Waals surface area contributed by atoms with Crippen LogP contribution in [0.25, 0.3) is 0 Å². The molecule has 0 saturated carbocycles. The van der Waals surface area contributed by atoms with Crippen LogP contribution in [0, 0.1) is 0 Å². The molecule has 0 amide bonds. The Balaban J connectivity index is 2.39. The minimum Gasteiger partial charge on any atom is -0.390 e. The molecule has 0 bridgehead atoms. The molecule has 0 radical (unpaired) electrons. The topological polar surface area (TPSA) is 32.3 Å². The van der Waals surface area contributed by atoms with E-state index in [0.29, 0.717) is 0 Å². The molecule has 1 aromatic rings. The maximum Gasteiger partial charge on any atom is 0.282 e. The van der Waals surface area contributed by atoms with Crippen LogP contribution in [0.4, 0.5) is 8.78 Å². The number of hydrogen-bond donors (Lipinski definition) is 2. The highest BCUT2D eigenvalue weighted by atomic mass is 32.1. The van der Waals surface area contributed by atoms with Gasteiger partial charge in [-0.1, -0.05) is 6.07 Å². The van der Waals surface area contributed by atoms with Crippen molar-refractivity contribution in [2.45, 2.75) is 18.9 Å². The molecule has 5 heteroatoms. The molecule has 1 heterocycles. The van der Waals surface area contributed by atoms with Gasteiger partial charge in [-0.2, -0.15) is 0 Å². The smallest absolute Gasteiger partial charge is 0.282 e. The van der Waals surface area contributed by atoms with Crippen LogP contribution < -0.4 is 5.32 Å².